The summed E-state index contributed by atoms with van der Waals surface area (Å²) in [6.45, 7) is 0. The number of benzene rings is 2. The molecule has 0 saturated carbocycles. The van der Waals surface area contributed by atoms with Crippen LogP contribution in [0.3, 0.4) is 0 Å². The maximum atomic E-state index is 10.8. The number of carbonyl (C=O) groups is 1. The Kier molecular flexibility index (Phi) is 2.87. The Balaban J connectivity index is 2.11. The quantitative estimate of drug-likeness (QED) is 0.713. The molecule has 5 nitrogen and oxygen atoms in total. The lowest BCUT2D eigenvalue weighted by Crippen LogP contribution is -2.00. The second-order valence-corrected chi connectivity index (χ2v) is 4.49. The van der Waals surface area contributed by atoms with Crippen LogP contribution in [-0.2, 0) is 11.2 Å². The molecule has 20 heavy (non-hydrogen) atoms. The van der Waals surface area contributed by atoms with Crippen molar-refractivity contribution in [2.75, 3.05) is 5.73 Å². The molecule has 0 amide bonds. The molecule has 3 rings (SSSR count). The van der Waals surface area contributed by atoms with Crippen LogP contribution in [0, 0.1) is 0 Å². The van der Waals surface area contributed by atoms with Gasteiger partial charge in [-0.15, -0.1) is 0 Å². The van der Waals surface area contributed by atoms with Gasteiger partial charge in [0.1, 0.15) is 5.52 Å². The SMILES string of the molecule is Nc1cc(CC(=O)O)cc2oc(-c3ccccc3)nc12. The normalized spacial score (nSPS) is 10.8. The Hall–Kier alpha value is -2.82. The molecule has 0 bridgehead atoms. The Morgan fingerprint density at radius 1 is 1.25 bits per heavy atom. The zero-order valence-electron chi connectivity index (χ0n) is 10.5. The van der Waals surface area contributed by atoms with Crippen LogP contribution < -0.4 is 5.73 Å². The average molecular weight is 268 g/mol. The molecule has 100 valence electrons. The van der Waals surface area contributed by atoms with E-state index in [9.17, 15) is 4.79 Å². The Morgan fingerprint density at radius 3 is 2.70 bits per heavy atom. The van der Waals surface area contributed by atoms with Gasteiger partial charge in [-0.3, -0.25) is 4.79 Å². The van der Waals surface area contributed by atoms with Gasteiger partial charge in [-0.25, -0.2) is 4.98 Å². The van der Waals surface area contributed by atoms with E-state index in [2.05, 4.69) is 4.98 Å². The zero-order valence-corrected chi connectivity index (χ0v) is 10.5. The summed E-state index contributed by atoms with van der Waals surface area (Å²) >= 11 is 0. The first-order valence-electron chi connectivity index (χ1n) is 6.09. The molecule has 0 atom stereocenters. The van der Waals surface area contributed by atoms with Gasteiger partial charge in [-0.05, 0) is 29.8 Å². The minimum atomic E-state index is -0.911. The molecule has 0 aliphatic rings. The molecule has 0 saturated heterocycles. The number of aromatic nitrogens is 1. The highest BCUT2D eigenvalue weighted by Gasteiger charge is 2.12. The van der Waals surface area contributed by atoms with Gasteiger partial charge in [0, 0.05) is 5.56 Å². The number of fused-ring (bicyclic) bond motifs is 1. The highest BCUT2D eigenvalue weighted by Crippen LogP contribution is 2.28. The number of nitrogens with two attached hydrogens (primary N) is 1. The first-order valence-corrected chi connectivity index (χ1v) is 6.09. The predicted molar refractivity (Wildman–Crippen MR) is 75.2 cm³/mol. The summed E-state index contributed by atoms with van der Waals surface area (Å²) in [4.78, 5) is 15.1. The van der Waals surface area contributed by atoms with E-state index in [0.29, 0.717) is 28.2 Å². The Bertz CT molecular complexity index is 778. The fourth-order valence-electron chi connectivity index (χ4n) is 2.10. The van der Waals surface area contributed by atoms with Gasteiger partial charge in [0.05, 0.1) is 12.1 Å². The summed E-state index contributed by atoms with van der Waals surface area (Å²) in [7, 11) is 0. The van der Waals surface area contributed by atoms with Gasteiger partial charge in [-0.1, -0.05) is 18.2 Å². The number of nitrogens with zero attached hydrogens (tertiary/aromatic N) is 1. The lowest BCUT2D eigenvalue weighted by molar-refractivity contribution is -0.136. The van der Waals surface area contributed by atoms with E-state index in [0.717, 1.165) is 5.56 Å². The minimum absolute atomic E-state index is 0.0957. The van der Waals surface area contributed by atoms with Gasteiger partial charge in [0.2, 0.25) is 5.89 Å². The monoisotopic (exact) mass is 268 g/mol. The molecule has 1 aromatic heterocycles. The molecule has 1 heterocycles. The highest BCUT2D eigenvalue weighted by molar-refractivity contribution is 5.89. The number of anilines is 1. The largest absolute Gasteiger partial charge is 0.481 e. The number of nitrogen functional groups attached to an aromatic ring is 1. The highest BCUT2D eigenvalue weighted by atomic mass is 16.4. The maximum absolute atomic E-state index is 10.8. The first kappa shape index (κ1) is 12.2. The number of hydrogen-bond donors (Lipinski definition) is 2. The van der Waals surface area contributed by atoms with E-state index in [4.69, 9.17) is 15.3 Å². The van der Waals surface area contributed by atoms with Gasteiger partial charge in [-0.2, -0.15) is 0 Å². The van der Waals surface area contributed by atoms with Gasteiger partial charge >= 0.3 is 5.97 Å². The third-order valence-corrected chi connectivity index (χ3v) is 2.96. The molecule has 3 N–H and O–H groups in total. The average Bonchev–Trinajstić information content (AvgIpc) is 2.83. The van der Waals surface area contributed by atoms with Crippen molar-refractivity contribution in [2.45, 2.75) is 6.42 Å². The van der Waals surface area contributed by atoms with E-state index < -0.39 is 5.97 Å². The molecular weight excluding hydrogens is 256 g/mol. The number of aliphatic carboxylic acids is 1. The fraction of sp³-hybridized carbons (Fsp3) is 0.0667. The summed E-state index contributed by atoms with van der Waals surface area (Å²) < 4.78 is 5.67. The Morgan fingerprint density at radius 2 is 2.00 bits per heavy atom. The van der Waals surface area contributed by atoms with Crippen LogP contribution in [-0.4, -0.2) is 16.1 Å². The summed E-state index contributed by atoms with van der Waals surface area (Å²) in [5.41, 5.74) is 8.83. The second-order valence-electron chi connectivity index (χ2n) is 4.49. The first-order chi connectivity index (χ1) is 9.63. The maximum Gasteiger partial charge on any atom is 0.307 e. The molecule has 0 unspecified atom stereocenters. The molecule has 5 heteroatoms. The number of hydrogen-bond acceptors (Lipinski definition) is 4. The van der Waals surface area contributed by atoms with Crippen molar-refractivity contribution in [3.05, 3.63) is 48.0 Å². The van der Waals surface area contributed by atoms with Crippen LogP contribution >= 0.6 is 0 Å². The van der Waals surface area contributed by atoms with E-state index in [-0.39, 0.29) is 6.42 Å². The standard InChI is InChI=1S/C15H12N2O3/c16-11-6-9(8-13(18)19)7-12-14(11)17-15(20-12)10-4-2-1-3-5-10/h1-7H,8,16H2,(H,18,19). The predicted octanol–water partition coefficient (Wildman–Crippen LogP) is 2.70. The van der Waals surface area contributed by atoms with Crippen molar-refractivity contribution in [2.24, 2.45) is 0 Å². The van der Waals surface area contributed by atoms with E-state index >= 15 is 0 Å². The number of carboxylic acids is 1. The number of oxazole rings is 1. The number of carboxylic acid groups (broad SMARTS) is 1. The van der Waals surface area contributed by atoms with Crippen LogP contribution in [0.15, 0.2) is 46.9 Å². The topological polar surface area (TPSA) is 89.4 Å². The summed E-state index contributed by atoms with van der Waals surface area (Å²) in [5, 5.41) is 8.83. The Labute approximate surface area is 114 Å². The zero-order chi connectivity index (χ0) is 14.1. The van der Waals surface area contributed by atoms with E-state index in [1.807, 2.05) is 30.3 Å². The molecule has 0 spiro atoms. The minimum Gasteiger partial charge on any atom is -0.481 e. The third-order valence-electron chi connectivity index (χ3n) is 2.96. The molecule has 0 aliphatic carbocycles. The van der Waals surface area contributed by atoms with Crippen molar-refractivity contribution in [3.8, 4) is 11.5 Å². The molecule has 0 radical (unpaired) electrons. The van der Waals surface area contributed by atoms with Crippen LogP contribution in [0.5, 0.6) is 0 Å². The van der Waals surface area contributed by atoms with E-state index in [1.165, 1.54) is 0 Å². The van der Waals surface area contributed by atoms with Crippen LogP contribution in [0.25, 0.3) is 22.6 Å². The molecule has 2 aromatic carbocycles. The van der Waals surface area contributed by atoms with Gasteiger partial charge in [0.15, 0.2) is 5.58 Å². The summed E-state index contributed by atoms with van der Waals surface area (Å²) in [5.74, 6) is -0.439. The van der Waals surface area contributed by atoms with Crippen LogP contribution in [0.1, 0.15) is 5.56 Å². The summed E-state index contributed by atoms with van der Waals surface area (Å²) in [6.07, 6.45) is -0.0957. The molecular formula is C15H12N2O3. The third kappa shape index (κ3) is 2.21. The lowest BCUT2D eigenvalue weighted by atomic mass is 10.1. The van der Waals surface area contributed by atoms with Crippen LogP contribution in [0.2, 0.25) is 0 Å². The van der Waals surface area contributed by atoms with Crippen molar-refractivity contribution in [1.82, 2.24) is 4.98 Å². The summed E-state index contributed by atoms with van der Waals surface area (Å²) in [6, 6.07) is 12.8. The molecule has 3 aromatic rings. The van der Waals surface area contributed by atoms with Gasteiger partial charge < -0.3 is 15.3 Å². The molecule has 0 aliphatic heterocycles. The number of rotatable bonds is 3. The lowest BCUT2D eigenvalue weighted by Gasteiger charge is -1.99. The molecule has 0 fully saturated rings. The smallest absolute Gasteiger partial charge is 0.307 e. The van der Waals surface area contributed by atoms with E-state index in [1.54, 1.807) is 12.1 Å². The van der Waals surface area contributed by atoms with Crippen molar-refractivity contribution in [1.29, 1.82) is 0 Å². The van der Waals surface area contributed by atoms with Crippen LogP contribution in [0.4, 0.5) is 5.69 Å². The fourth-order valence-corrected chi connectivity index (χ4v) is 2.10. The van der Waals surface area contributed by atoms with Crippen molar-refractivity contribution in [3.63, 3.8) is 0 Å². The van der Waals surface area contributed by atoms with Crippen molar-refractivity contribution < 1.29 is 14.3 Å². The van der Waals surface area contributed by atoms with Crippen molar-refractivity contribution >= 4 is 22.8 Å². The second kappa shape index (κ2) is 4.70. The van der Waals surface area contributed by atoms with Gasteiger partial charge in [0.25, 0.3) is 0 Å².